The topological polar surface area (TPSA) is 38.1 Å². The van der Waals surface area contributed by atoms with Crippen molar-refractivity contribution in [2.45, 2.75) is 58.5 Å². The van der Waals surface area contributed by atoms with Gasteiger partial charge in [0, 0.05) is 12.6 Å². The maximum Gasteiger partial charge on any atom is 0.272 e. The van der Waals surface area contributed by atoms with Crippen molar-refractivity contribution in [3.8, 4) is 0 Å². The molecule has 2 aliphatic heterocycles. The molecule has 4 rings (SSSR count). The molecule has 0 saturated carbocycles. The van der Waals surface area contributed by atoms with Gasteiger partial charge in [-0.2, -0.15) is 0 Å². The van der Waals surface area contributed by atoms with Gasteiger partial charge in [0.1, 0.15) is 5.69 Å². The minimum atomic E-state index is 0.0827. The zero-order chi connectivity index (χ0) is 16.7. The van der Waals surface area contributed by atoms with Crippen LogP contribution in [0.1, 0.15) is 43.4 Å². The van der Waals surface area contributed by atoms with Crippen LogP contribution in [0.3, 0.4) is 0 Å². The largest absolute Gasteiger partial charge is 0.305 e. The molecule has 0 bridgehead atoms. The summed E-state index contributed by atoms with van der Waals surface area (Å²) in [6.07, 6.45) is 6.46. The normalized spacial score (nSPS) is 24.9. The summed E-state index contributed by atoms with van der Waals surface area (Å²) in [7, 11) is 0. The number of aromatic nitrogens is 2. The van der Waals surface area contributed by atoms with Crippen LogP contribution in [0.5, 0.6) is 0 Å². The Balaban J connectivity index is 1.73. The monoisotopic (exact) mass is 325 g/mol. The Bertz CT molecular complexity index is 808. The Morgan fingerprint density at radius 3 is 2.83 bits per heavy atom. The first kappa shape index (κ1) is 15.8. The van der Waals surface area contributed by atoms with Gasteiger partial charge in [-0.15, -0.1) is 0 Å². The van der Waals surface area contributed by atoms with E-state index in [2.05, 4.69) is 35.0 Å². The highest BCUT2D eigenvalue weighted by Crippen LogP contribution is 2.32. The van der Waals surface area contributed by atoms with Crippen LogP contribution in [0.4, 0.5) is 0 Å². The zero-order valence-electron chi connectivity index (χ0n) is 14.8. The minimum Gasteiger partial charge on any atom is -0.305 e. The average molecular weight is 325 g/mol. The lowest BCUT2D eigenvalue weighted by Gasteiger charge is -2.44. The molecular weight excluding hydrogens is 298 g/mol. The lowest BCUT2D eigenvalue weighted by Crippen LogP contribution is -2.49. The Morgan fingerprint density at radius 2 is 1.96 bits per heavy atom. The molecule has 24 heavy (non-hydrogen) atoms. The van der Waals surface area contributed by atoms with Gasteiger partial charge in [0.25, 0.3) is 5.56 Å². The van der Waals surface area contributed by atoms with Crippen molar-refractivity contribution in [3.63, 3.8) is 0 Å². The fourth-order valence-electron chi connectivity index (χ4n) is 4.69. The second kappa shape index (κ2) is 6.32. The van der Waals surface area contributed by atoms with E-state index in [4.69, 9.17) is 0 Å². The third kappa shape index (κ3) is 2.77. The Morgan fingerprint density at radius 1 is 1.12 bits per heavy atom. The van der Waals surface area contributed by atoms with E-state index in [0.717, 1.165) is 17.6 Å². The maximum atomic E-state index is 12.8. The lowest BCUT2D eigenvalue weighted by atomic mass is 9.83. The summed E-state index contributed by atoms with van der Waals surface area (Å²) in [5.74, 6) is 0.586. The Kier molecular flexibility index (Phi) is 4.17. The molecule has 1 unspecified atom stereocenters. The van der Waals surface area contributed by atoms with Gasteiger partial charge in [-0.25, -0.2) is 4.98 Å². The van der Waals surface area contributed by atoms with Gasteiger partial charge >= 0.3 is 0 Å². The van der Waals surface area contributed by atoms with Crippen LogP contribution in [0.25, 0.3) is 11.0 Å². The van der Waals surface area contributed by atoms with Crippen molar-refractivity contribution in [1.29, 1.82) is 0 Å². The number of piperidine rings is 2. The minimum absolute atomic E-state index is 0.0827. The van der Waals surface area contributed by atoms with E-state index in [1.54, 1.807) is 0 Å². The van der Waals surface area contributed by atoms with Gasteiger partial charge in [-0.3, -0.25) is 4.79 Å². The van der Waals surface area contributed by atoms with Crippen molar-refractivity contribution in [1.82, 2.24) is 14.5 Å². The third-order valence-electron chi connectivity index (χ3n) is 5.91. The quantitative estimate of drug-likeness (QED) is 0.850. The predicted molar refractivity (Wildman–Crippen MR) is 97.4 cm³/mol. The summed E-state index contributed by atoms with van der Waals surface area (Å²) in [5.41, 5.74) is 3.83. The standard InChI is InChI=1S/C20H27N3O/c1-14-8-9-19-17(12-14)21-15(2)20(24)23(19)13-16-6-5-11-22-10-4-3-7-18(16)22/h8-9,12,16,18H,3-7,10-11,13H2,1-2H3/t16?,18-/m1/s1. The van der Waals surface area contributed by atoms with Gasteiger partial charge in [0.2, 0.25) is 0 Å². The van der Waals surface area contributed by atoms with Gasteiger partial charge in [-0.1, -0.05) is 12.5 Å². The van der Waals surface area contributed by atoms with E-state index < -0.39 is 0 Å². The molecule has 4 nitrogen and oxygen atoms in total. The Labute approximate surface area is 143 Å². The van der Waals surface area contributed by atoms with Gasteiger partial charge < -0.3 is 9.47 Å². The first-order valence-corrected chi connectivity index (χ1v) is 9.35. The molecule has 2 atom stereocenters. The number of benzene rings is 1. The van der Waals surface area contributed by atoms with Gasteiger partial charge in [-0.05, 0) is 76.2 Å². The summed E-state index contributed by atoms with van der Waals surface area (Å²) in [5, 5.41) is 0. The number of fused-ring (bicyclic) bond motifs is 2. The SMILES string of the molecule is Cc1ccc2c(c1)nc(C)c(=O)n2CC1CCCN2CCCC[C@H]12. The van der Waals surface area contributed by atoms with Crippen LogP contribution in [0.2, 0.25) is 0 Å². The number of hydrogen-bond donors (Lipinski definition) is 0. The third-order valence-corrected chi connectivity index (χ3v) is 5.91. The second-order valence-corrected chi connectivity index (χ2v) is 7.61. The molecule has 1 aromatic heterocycles. The number of aryl methyl sites for hydroxylation is 2. The van der Waals surface area contributed by atoms with Crippen LogP contribution < -0.4 is 5.56 Å². The fourth-order valence-corrected chi connectivity index (χ4v) is 4.69. The molecule has 1 aromatic carbocycles. The average Bonchev–Trinajstić information content (AvgIpc) is 2.59. The molecular formula is C20H27N3O. The highest BCUT2D eigenvalue weighted by molar-refractivity contribution is 5.75. The van der Waals surface area contributed by atoms with Crippen LogP contribution in [-0.4, -0.2) is 33.6 Å². The number of hydrogen-bond acceptors (Lipinski definition) is 3. The van der Waals surface area contributed by atoms with Gasteiger partial charge in [0.15, 0.2) is 0 Å². The predicted octanol–water partition coefficient (Wildman–Crippen LogP) is 3.28. The molecule has 4 heteroatoms. The van der Waals surface area contributed by atoms with Crippen molar-refractivity contribution in [2.75, 3.05) is 13.1 Å². The Hall–Kier alpha value is -1.68. The summed E-state index contributed by atoms with van der Waals surface area (Å²) in [6.45, 7) is 7.24. The molecule has 0 spiro atoms. The highest BCUT2D eigenvalue weighted by atomic mass is 16.1. The first-order valence-electron chi connectivity index (χ1n) is 9.35. The smallest absolute Gasteiger partial charge is 0.272 e. The van der Waals surface area contributed by atoms with Crippen LogP contribution in [0, 0.1) is 19.8 Å². The fraction of sp³-hybridized carbons (Fsp3) is 0.600. The summed E-state index contributed by atoms with van der Waals surface area (Å²) in [6, 6.07) is 6.91. The van der Waals surface area contributed by atoms with E-state index in [-0.39, 0.29) is 5.56 Å². The van der Waals surface area contributed by atoms with E-state index in [0.29, 0.717) is 17.7 Å². The van der Waals surface area contributed by atoms with Crippen LogP contribution in [0.15, 0.2) is 23.0 Å². The molecule has 128 valence electrons. The molecule has 0 aliphatic carbocycles. The second-order valence-electron chi connectivity index (χ2n) is 7.61. The summed E-state index contributed by atoms with van der Waals surface area (Å²) >= 11 is 0. The van der Waals surface area contributed by atoms with Crippen molar-refractivity contribution in [3.05, 3.63) is 39.8 Å². The highest BCUT2D eigenvalue weighted by Gasteiger charge is 2.33. The molecule has 2 fully saturated rings. The molecule has 0 radical (unpaired) electrons. The van der Waals surface area contributed by atoms with Crippen molar-refractivity contribution < 1.29 is 0 Å². The molecule has 0 amide bonds. The maximum absolute atomic E-state index is 12.8. The van der Waals surface area contributed by atoms with Crippen LogP contribution >= 0.6 is 0 Å². The van der Waals surface area contributed by atoms with E-state index in [1.165, 1.54) is 50.8 Å². The molecule has 2 aromatic rings. The molecule has 2 saturated heterocycles. The molecule has 0 N–H and O–H groups in total. The lowest BCUT2D eigenvalue weighted by molar-refractivity contribution is 0.0520. The molecule has 2 aliphatic rings. The summed E-state index contributed by atoms with van der Waals surface area (Å²) < 4.78 is 2.00. The number of nitrogens with zero attached hydrogens (tertiary/aromatic N) is 3. The zero-order valence-corrected chi connectivity index (χ0v) is 14.8. The van der Waals surface area contributed by atoms with Crippen molar-refractivity contribution >= 4 is 11.0 Å². The molecule has 3 heterocycles. The van der Waals surface area contributed by atoms with Crippen LogP contribution in [-0.2, 0) is 6.54 Å². The van der Waals surface area contributed by atoms with E-state index in [9.17, 15) is 4.79 Å². The van der Waals surface area contributed by atoms with Crippen molar-refractivity contribution in [2.24, 2.45) is 5.92 Å². The van der Waals surface area contributed by atoms with E-state index >= 15 is 0 Å². The first-order chi connectivity index (χ1) is 11.6. The number of rotatable bonds is 2. The van der Waals surface area contributed by atoms with E-state index in [1.807, 2.05) is 11.5 Å². The van der Waals surface area contributed by atoms with Gasteiger partial charge in [0.05, 0.1) is 11.0 Å². The summed E-state index contributed by atoms with van der Waals surface area (Å²) in [4.78, 5) is 20.0.